The lowest BCUT2D eigenvalue weighted by atomic mass is 10.1. The van der Waals surface area contributed by atoms with Crippen molar-refractivity contribution >= 4 is 23.2 Å². The molecule has 0 atom stereocenters. The topological polar surface area (TPSA) is 44.8 Å². The number of nitrogens with zero attached hydrogens (tertiary/aromatic N) is 2. The van der Waals surface area contributed by atoms with Crippen LogP contribution in [0.1, 0.15) is 21.5 Å². The van der Waals surface area contributed by atoms with E-state index in [1.807, 2.05) is 42.5 Å². The van der Waals surface area contributed by atoms with Gasteiger partial charge in [-0.3, -0.25) is 9.69 Å². The first-order valence-electron chi connectivity index (χ1n) is 10.9. The number of nitrogens with one attached hydrogen (secondary N) is 1. The number of halogens is 2. The summed E-state index contributed by atoms with van der Waals surface area (Å²) in [5, 5.41) is 3.60. The Labute approximate surface area is 198 Å². The van der Waals surface area contributed by atoms with E-state index in [4.69, 9.17) is 16.3 Å². The van der Waals surface area contributed by atoms with E-state index >= 15 is 0 Å². The largest absolute Gasteiger partial charge is 0.495 e. The minimum absolute atomic E-state index is 0.140. The number of piperazine rings is 1. The zero-order valence-corrected chi connectivity index (χ0v) is 19.3. The van der Waals surface area contributed by atoms with Crippen LogP contribution in [0.5, 0.6) is 5.75 Å². The number of anilines is 1. The highest BCUT2D eigenvalue weighted by Gasteiger charge is 2.20. The Hall–Kier alpha value is -3.09. The smallest absolute Gasteiger partial charge is 0.251 e. The maximum absolute atomic E-state index is 13.0. The second-order valence-electron chi connectivity index (χ2n) is 8.09. The molecule has 5 nitrogen and oxygen atoms in total. The summed E-state index contributed by atoms with van der Waals surface area (Å²) in [4.78, 5) is 17.3. The summed E-state index contributed by atoms with van der Waals surface area (Å²) in [5.74, 6) is 0.400. The second-order valence-corrected chi connectivity index (χ2v) is 8.53. The molecule has 4 rings (SSSR count). The van der Waals surface area contributed by atoms with E-state index in [9.17, 15) is 9.18 Å². The summed E-state index contributed by atoms with van der Waals surface area (Å²) in [5.41, 5.74) is 3.59. The molecule has 1 aliphatic rings. The van der Waals surface area contributed by atoms with Crippen molar-refractivity contribution in [3.63, 3.8) is 0 Å². The van der Waals surface area contributed by atoms with Crippen molar-refractivity contribution in [2.24, 2.45) is 0 Å². The van der Waals surface area contributed by atoms with E-state index < -0.39 is 0 Å². The molecule has 0 aliphatic carbocycles. The number of amides is 1. The fourth-order valence-electron chi connectivity index (χ4n) is 4.01. The lowest BCUT2D eigenvalue weighted by molar-refractivity contribution is 0.0950. The van der Waals surface area contributed by atoms with E-state index in [-0.39, 0.29) is 11.7 Å². The standard InChI is InChI=1S/C26H27ClFN3O2/c1-33-25-10-7-22(27)16-24(25)31-13-11-30(12-14-31)18-20-3-2-4-21(15-20)26(32)29-17-19-5-8-23(28)9-6-19/h2-10,15-16H,11-14,17-18H2,1H3,(H,29,32). The van der Waals surface area contributed by atoms with Crippen molar-refractivity contribution in [3.05, 3.63) is 94.3 Å². The van der Waals surface area contributed by atoms with Gasteiger partial charge >= 0.3 is 0 Å². The molecule has 3 aromatic carbocycles. The maximum atomic E-state index is 13.0. The minimum Gasteiger partial charge on any atom is -0.495 e. The summed E-state index contributed by atoms with van der Waals surface area (Å²) < 4.78 is 18.5. The summed E-state index contributed by atoms with van der Waals surface area (Å²) in [6.45, 7) is 4.67. The normalized spacial score (nSPS) is 14.2. The fourth-order valence-corrected chi connectivity index (χ4v) is 4.18. The molecule has 1 amide bonds. The van der Waals surface area contributed by atoms with E-state index in [1.54, 1.807) is 19.2 Å². The molecule has 0 radical (unpaired) electrons. The number of ether oxygens (including phenoxy) is 1. The van der Waals surface area contributed by atoms with Gasteiger partial charge < -0.3 is 15.0 Å². The molecular weight excluding hydrogens is 441 g/mol. The number of hydrogen-bond acceptors (Lipinski definition) is 4. The van der Waals surface area contributed by atoms with Crippen LogP contribution in [0.15, 0.2) is 66.7 Å². The highest BCUT2D eigenvalue weighted by atomic mass is 35.5. The molecular formula is C26H27ClFN3O2. The molecule has 33 heavy (non-hydrogen) atoms. The molecule has 0 saturated carbocycles. The van der Waals surface area contributed by atoms with Gasteiger partial charge in [-0.2, -0.15) is 0 Å². The number of benzene rings is 3. The SMILES string of the molecule is COc1ccc(Cl)cc1N1CCN(Cc2cccc(C(=O)NCc3ccc(F)cc3)c2)CC1. The third-order valence-electron chi connectivity index (χ3n) is 5.82. The van der Waals surface area contributed by atoms with E-state index in [2.05, 4.69) is 15.1 Å². The first-order valence-corrected chi connectivity index (χ1v) is 11.3. The van der Waals surface area contributed by atoms with Crippen molar-refractivity contribution < 1.29 is 13.9 Å². The molecule has 1 saturated heterocycles. The van der Waals surface area contributed by atoms with Gasteiger partial charge in [-0.1, -0.05) is 35.9 Å². The van der Waals surface area contributed by atoms with Gasteiger partial charge in [-0.25, -0.2) is 4.39 Å². The predicted octanol–water partition coefficient (Wildman–Crippen LogP) is 4.74. The lowest BCUT2D eigenvalue weighted by Crippen LogP contribution is -2.46. The van der Waals surface area contributed by atoms with Gasteiger partial charge in [0, 0.05) is 49.9 Å². The van der Waals surface area contributed by atoms with Crippen LogP contribution < -0.4 is 15.0 Å². The number of methoxy groups -OCH3 is 1. The summed E-state index contributed by atoms with van der Waals surface area (Å²) >= 11 is 6.19. The third kappa shape index (κ3) is 6.03. The van der Waals surface area contributed by atoms with Crippen LogP contribution in [0, 0.1) is 5.82 Å². The van der Waals surface area contributed by atoms with E-state index in [0.29, 0.717) is 17.1 Å². The van der Waals surface area contributed by atoms with Crippen LogP contribution in [0.4, 0.5) is 10.1 Å². The van der Waals surface area contributed by atoms with Crippen LogP contribution in [-0.4, -0.2) is 44.1 Å². The van der Waals surface area contributed by atoms with Crippen LogP contribution >= 0.6 is 11.6 Å². The molecule has 0 bridgehead atoms. The van der Waals surface area contributed by atoms with Gasteiger partial charge in [0.1, 0.15) is 11.6 Å². The average Bonchev–Trinajstić information content (AvgIpc) is 2.84. The first-order chi connectivity index (χ1) is 16.0. The van der Waals surface area contributed by atoms with Crippen molar-refractivity contribution in [2.45, 2.75) is 13.1 Å². The third-order valence-corrected chi connectivity index (χ3v) is 6.05. The average molecular weight is 468 g/mol. The number of carbonyl (C=O) groups excluding carboxylic acids is 1. The van der Waals surface area contributed by atoms with Crippen LogP contribution in [-0.2, 0) is 13.1 Å². The Morgan fingerprint density at radius 1 is 1.00 bits per heavy atom. The molecule has 172 valence electrons. The lowest BCUT2D eigenvalue weighted by Gasteiger charge is -2.36. The molecule has 1 N–H and O–H groups in total. The highest BCUT2D eigenvalue weighted by Crippen LogP contribution is 2.32. The summed E-state index contributed by atoms with van der Waals surface area (Å²) in [6.07, 6.45) is 0. The number of carbonyl (C=O) groups is 1. The molecule has 1 heterocycles. The Morgan fingerprint density at radius 2 is 1.76 bits per heavy atom. The minimum atomic E-state index is -0.287. The Kier molecular flexibility index (Phi) is 7.47. The van der Waals surface area contributed by atoms with E-state index in [0.717, 1.165) is 55.3 Å². The fraction of sp³-hybridized carbons (Fsp3) is 0.269. The summed E-state index contributed by atoms with van der Waals surface area (Å²) in [7, 11) is 1.67. The van der Waals surface area contributed by atoms with Gasteiger partial charge in [-0.15, -0.1) is 0 Å². The van der Waals surface area contributed by atoms with Crippen molar-refractivity contribution in [1.29, 1.82) is 0 Å². The first kappa shape index (κ1) is 23.1. The monoisotopic (exact) mass is 467 g/mol. The van der Waals surface area contributed by atoms with Gasteiger partial charge in [0.25, 0.3) is 5.91 Å². The molecule has 0 unspecified atom stereocenters. The maximum Gasteiger partial charge on any atom is 0.251 e. The Balaban J connectivity index is 1.32. The molecule has 1 aliphatic heterocycles. The zero-order valence-electron chi connectivity index (χ0n) is 18.6. The van der Waals surface area contributed by atoms with Crippen molar-refractivity contribution in [2.75, 3.05) is 38.2 Å². The van der Waals surface area contributed by atoms with Gasteiger partial charge in [0.05, 0.1) is 12.8 Å². The quantitative estimate of drug-likeness (QED) is 0.545. The molecule has 3 aromatic rings. The van der Waals surface area contributed by atoms with Gasteiger partial charge in [0.15, 0.2) is 0 Å². The number of rotatable bonds is 7. The predicted molar refractivity (Wildman–Crippen MR) is 130 cm³/mol. The van der Waals surface area contributed by atoms with Crippen LogP contribution in [0.2, 0.25) is 5.02 Å². The van der Waals surface area contributed by atoms with Crippen molar-refractivity contribution in [3.8, 4) is 5.75 Å². The molecule has 0 aromatic heterocycles. The number of hydrogen-bond donors (Lipinski definition) is 1. The van der Waals surface area contributed by atoms with Crippen molar-refractivity contribution in [1.82, 2.24) is 10.2 Å². The summed E-state index contributed by atoms with van der Waals surface area (Å²) in [6, 6.07) is 19.5. The van der Waals surface area contributed by atoms with Crippen LogP contribution in [0.3, 0.4) is 0 Å². The molecule has 0 spiro atoms. The van der Waals surface area contributed by atoms with Gasteiger partial charge in [-0.05, 0) is 53.6 Å². The second kappa shape index (κ2) is 10.7. The molecule has 7 heteroatoms. The highest BCUT2D eigenvalue weighted by molar-refractivity contribution is 6.30. The zero-order chi connectivity index (χ0) is 23.2. The van der Waals surface area contributed by atoms with Crippen LogP contribution in [0.25, 0.3) is 0 Å². The molecule has 1 fully saturated rings. The van der Waals surface area contributed by atoms with Gasteiger partial charge in [0.2, 0.25) is 0 Å². The Morgan fingerprint density at radius 3 is 2.48 bits per heavy atom. The van der Waals surface area contributed by atoms with E-state index in [1.165, 1.54) is 12.1 Å². The Bertz CT molecular complexity index is 1100.